The molecular formula is C17H31N3O2. The summed E-state index contributed by atoms with van der Waals surface area (Å²) < 4.78 is 5.41. The Bertz CT molecular complexity index is 363. The minimum Gasteiger partial charge on any atom is -0.379 e. The van der Waals surface area contributed by atoms with Crippen LogP contribution in [0.4, 0.5) is 0 Å². The molecule has 0 saturated carbocycles. The maximum Gasteiger partial charge on any atom is 0.239 e. The highest BCUT2D eigenvalue weighted by atomic mass is 16.5. The number of carbonyl (C=O) groups is 1. The number of rotatable bonds is 3. The van der Waals surface area contributed by atoms with E-state index in [4.69, 9.17) is 4.74 Å². The lowest BCUT2D eigenvalue weighted by atomic mass is 9.91. The van der Waals surface area contributed by atoms with E-state index in [0.29, 0.717) is 11.8 Å². The monoisotopic (exact) mass is 309 g/mol. The summed E-state index contributed by atoms with van der Waals surface area (Å²) in [6, 6.07) is 0.0690. The molecule has 1 amide bonds. The van der Waals surface area contributed by atoms with Crippen molar-refractivity contribution in [3.05, 3.63) is 0 Å². The van der Waals surface area contributed by atoms with Crippen LogP contribution in [0.25, 0.3) is 0 Å². The Balaban J connectivity index is 1.41. The molecule has 3 heterocycles. The number of likely N-dealkylation sites (tertiary alicyclic amines) is 1. The summed E-state index contributed by atoms with van der Waals surface area (Å²) in [5.41, 5.74) is 0. The molecule has 3 aliphatic heterocycles. The molecule has 3 fully saturated rings. The summed E-state index contributed by atoms with van der Waals surface area (Å²) in [6.45, 7) is 10.2. The van der Waals surface area contributed by atoms with Gasteiger partial charge in [0.15, 0.2) is 0 Å². The third-order valence-corrected chi connectivity index (χ3v) is 5.51. The fraction of sp³-hybridized carbons (Fsp3) is 0.941. The highest BCUT2D eigenvalue weighted by Crippen LogP contribution is 2.22. The van der Waals surface area contributed by atoms with Gasteiger partial charge in [-0.1, -0.05) is 6.92 Å². The first-order chi connectivity index (χ1) is 10.7. The van der Waals surface area contributed by atoms with Crippen molar-refractivity contribution in [1.29, 1.82) is 0 Å². The molecule has 0 spiro atoms. The summed E-state index contributed by atoms with van der Waals surface area (Å²) >= 11 is 0. The van der Waals surface area contributed by atoms with Crippen molar-refractivity contribution in [2.45, 2.75) is 38.6 Å². The Labute approximate surface area is 134 Å². The van der Waals surface area contributed by atoms with E-state index in [1.165, 1.54) is 13.0 Å². The maximum absolute atomic E-state index is 12.6. The highest BCUT2D eigenvalue weighted by Gasteiger charge is 2.31. The van der Waals surface area contributed by atoms with E-state index in [9.17, 15) is 4.79 Å². The number of piperidine rings is 2. The minimum atomic E-state index is 0.0690. The summed E-state index contributed by atoms with van der Waals surface area (Å²) in [7, 11) is 0. The smallest absolute Gasteiger partial charge is 0.239 e. The first kappa shape index (κ1) is 16.2. The standard InChI is InChI=1S/C17H31N3O2/c1-14-2-5-18-16(12-14)17(21)20-6-3-15(4-7-20)13-19-8-10-22-11-9-19/h14-16,18H,2-13H2,1H3. The molecule has 0 aromatic heterocycles. The van der Waals surface area contributed by atoms with Gasteiger partial charge in [0, 0.05) is 32.7 Å². The molecule has 0 aliphatic carbocycles. The van der Waals surface area contributed by atoms with Crippen molar-refractivity contribution < 1.29 is 9.53 Å². The normalized spacial score (nSPS) is 32.1. The van der Waals surface area contributed by atoms with E-state index in [1.807, 2.05) is 0 Å². The zero-order chi connectivity index (χ0) is 15.4. The van der Waals surface area contributed by atoms with Gasteiger partial charge in [0.25, 0.3) is 0 Å². The van der Waals surface area contributed by atoms with E-state index in [-0.39, 0.29) is 6.04 Å². The van der Waals surface area contributed by atoms with Gasteiger partial charge < -0.3 is 15.0 Å². The van der Waals surface area contributed by atoms with Gasteiger partial charge in [0.2, 0.25) is 5.91 Å². The van der Waals surface area contributed by atoms with Crippen LogP contribution in [0.15, 0.2) is 0 Å². The Kier molecular flexibility index (Phi) is 5.71. The van der Waals surface area contributed by atoms with Crippen LogP contribution in [0.2, 0.25) is 0 Å². The molecule has 1 N–H and O–H groups in total. The van der Waals surface area contributed by atoms with Crippen molar-refractivity contribution in [3.63, 3.8) is 0 Å². The predicted octanol–water partition coefficient (Wildman–Crippen LogP) is 0.945. The van der Waals surface area contributed by atoms with Gasteiger partial charge in [0.05, 0.1) is 19.3 Å². The van der Waals surface area contributed by atoms with E-state index in [1.54, 1.807) is 0 Å². The third-order valence-electron chi connectivity index (χ3n) is 5.51. The van der Waals surface area contributed by atoms with Gasteiger partial charge >= 0.3 is 0 Å². The van der Waals surface area contributed by atoms with Crippen molar-refractivity contribution >= 4 is 5.91 Å². The fourth-order valence-corrected chi connectivity index (χ4v) is 4.00. The van der Waals surface area contributed by atoms with E-state index in [2.05, 4.69) is 22.0 Å². The van der Waals surface area contributed by atoms with Gasteiger partial charge in [0.1, 0.15) is 0 Å². The van der Waals surface area contributed by atoms with Gasteiger partial charge in [-0.2, -0.15) is 0 Å². The first-order valence-corrected chi connectivity index (χ1v) is 9.04. The van der Waals surface area contributed by atoms with Crippen LogP contribution >= 0.6 is 0 Å². The number of hydrogen-bond donors (Lipinski definition) is 1. The van der Waals surface area contributed by atoms with Crippen LogP contribution in [0.5, 0.6) is 0 Å². The van der Waals surface area contributed by atoms with Crippen molar-refractivity contribution in [1.82, 2.24) is 15.1 Å². The van der Waals surface area contributed by atoms with E-state index >= 15 is 0 Å². The second-order valence-electron chi connectivity index (χ2n) is 7.32. The van der Waals surface area contributed by atoms with Gasteiger partial charge in [-0.15, -0.1) is 0 Å². The second kappa shape index (κ2) is 7.75. The Morgan fingerprint density at radius 3 is 2.55 bits per heavy atom. The molecule has 0 aromatic rings. The third kappa shape index (κ3) is 4.21. The van der Waals surface area contributed by atoms with E-state index < -0.39 is 0 Å². The number of hydrogen-bond acceptors (Lipinski definition) is 4. The number of amides is 1. The van der Waals surface area contributed by atoms with Gasteiger partial charge in [-0.25, -0.2) is 0 Å². The number of nitrogens with zero attached hydrogens (tertiary/aromatic N) is 2. The zero-order valence-corrected chi connectivity index (χ0v) is 13.9. The molecule has 5 heteroatoms. The predicted molar refractivity (Wildman–Crippen MR) is 86.8 cm³/mol. The fourth-order valence-electron chi connectivity index (χ4n) is 4.00. The SMILES string of the molecule is CC1CCNC(C(=O)N2CCC(CN3CCOCC3)CC2)C1. The maximum atomic E-state index is 12.6. The molecular weight excluding hydrogens is 278 g/mol. The Hall–Kier alpha value is -0.650. The molecule has 2 atom stereocenters. The molecule has 0 aromatic carbocycles. The second-order valence-corrected chi connectivity index (χ2v) is 7.32. The molecule has 0 bridgehead atoms. The van der Waals surface area contributed by atoms with Crippen LogP contribution in [0.1, 0.15) is 32.6 Å². The molecule has 126 valence electrons. The lowest BCUT2D eigenvalue weighted by Crippen LogP contribution is -2.52. The average molecular weight is 309 g/mol. The number of ether oxygens (including phenoxy) is 1. The van der Waals surface area contributed by atoms with Crippen molar-refractivity contribution in [2.75, 3.05) is 52.5 Å². The zero-order valence-electron chi connectivity index (χ0n) is 13.9. The number of carbonyl (C=O) groups excluding carboxylic acids is 1. The molecule has 0 radical (unpaired) electrons. The first-order valence-electron chi connectivity index (χ1n) is 9.04. The molecule has 2 unspecified atom stereocenters. The number of morpholine rings is 1. The summed E-state index contributed by atoms with van der Waals surface area (Å²) in [5, 5.41) is 3.41. The summed E-state index contributed by atoms with van der Waals surface area (Å²) in [6.07, 6.45) is 4.52. The molecule has 5 nitrogen and oxygen atoms in total. The van der Waals surface area contributed by atoms with Gasteiger partial charge in [-0.3, -0.25) is 9.69 Å². The average Bonchev–Trinajstić information content (AvgIpc) is 2.56. The van der Waals surface area contributed by atoms with Crippen LogP contribution in [0.3, 0.4) is 0 Å². The molecule has 3 rings (SSSR count). The van der Waals surface area contributed by atoms with Crippen molar-refractivity contribution in [3.8, 4) is 0 Å². The minimum absolute atomic E-state index is 0.0690. The largest absolute Gasteiger partial charge is 0.379 e. The number of nitrogens with one attached hydrogen (secondary N) is 1. The van der Waals surface area contributed by atoms with E-state index in [0.717, 1.165) is 71.1 Å². The quantitative estimate of drug-likeness (QED) is 0.843. The van der Waals surface area contributed by atoms with Crippen LogP contribution < -0.4 is 5.32 Å². The van der Waals surface area contributed by atoms with Crippen LogP contribution in [-0.2, 0) is 9.53 Å². The molecule has 3 aliphatic rings. The summed E-state index contributed by atoms with van der Waals surface area (Å²) in [4.78, 5) is 17.3. The van der Waals surface area contributed by atoms with Crippen LogP contribution in [-0.4, -0.2) is 74.2 Å². The Morgan fingerprint density at radius 2 is 1.86 bits per heavy atom. The Morgan fingerprint density at radius 1 is 1.14 bits per heavy atom. The summed E-state index contributed by atoms with van der Waals surface area (Å²) in [5.74, 6) is 1.77. The van der Waals surface area contributed by atoms with Crippen LogP contribution in [0, 0.1) is 11.8 Å². The lowest BCUT2D eigenvalue weighted by molar-refractivity contribution is -0.136. The topological polar surface area (TPSA) is 44.8 Å². The highest BCUT2D eigenvalue weighted by molar-refractivity contribution is 5.82. The lowest BCUT2D eigenvalue weighted by Gasteiger charge is -2.38. The van der Waals surface area contributed by atoms with Gasteiger partial charge in [-0.05, 0) is 44.1 Å². The molecule has 3 saturated heterocycles. The van der Waals surface area contributed by atoms with Crippen molar-refractivity contribution in [2.24, 2.45) is 11.8 Å². The molecule has 22 heavy (non-hydrogen) atoms.